The Balaban J connectivity index is 2.07. The summed E-state index contributed by atoms with van der Waals surface area (Å²) in [6.45, 7) is 6.28. The molecule has 3 nitrogen and oxygen atoms in total. The molecule has 0 spiro atoms. The van der Waals surface area contributed by atoms with Crippen LogP contribution in [0.5, 0.6) is 0 Å². The third-order valence-electron chi connectivity index (χ3n) is 6.66. The molecule has 0 heterocycles. The first-order chi connectivity index (χ1) is 8.23. The molecule has 0 radical (unpaired) electrons. The zero-order chi connectivity index (χ0) is 13.4. The first-order valence-electron chi connectivity index (χ1n) is 6.94. The molecular weight excluding hydrogens is 228 g/mol. The number of hydrogen-bond donors (Lipinski definition) is 3. The van der Waals surface area contributed by atoms with Gasteiger partial charge in [0.1, 0.15) is 0 Å². The van der Waals surface area contributed by atoms with Crippen LogP contribution in [-0.2, 0) is 0 Å². The van der Waals surface area contributed by atoms with E-state index in [-0.39, 0.29) is 23.4 Å². The molecule has 0 aromatic heterocycles. The van der Waals surface area contributed by atoms with E-state index < -0.39 is 17.1 Å². The highest BCUT2D eigenvalue weighted by molar-refractivity contribution is 5.32. The van der Waals surface area contributed by atoms with Crippen LogP contribution in [0.1, 0.15) is 40.0 Å². The SMILES string of the molecule is CC1(C)CC2C1(O)CCC1(C)C(O)C=CC21CO. The number of rotatable bonds is 1. The van der Waals surface area contributed by atoms with Crippen molar-refractivity contribution >= 4 is 0 Å². The van der Waals surface area contributed by atoms with Gasteiger partial charge in [-0.2, -0.15) is 0 Å². The Hall–Kier alpha value is -0.380. The second kappa shape index (κ2) is 3.20. The van der Waals surface area contributed by atoms with Crippen molar-refractivity contribution < 1.29 is 15.3 Å². The smallest absolute Gasteiger partial charge is 0.0784 e. The van der Waals surface area contributed by atoms with E-state index in [0.29, 0.717) is 0 Å². The predicted molar refractivity (Wildman–Crippen MR) is 68.8 cm³/mol. The second-order valence-corrected chi connectivity index (χ2v) is 7.48. The average Bonchev–Trinajstić information content (AvgIpc) is 2.58. The maximum absolute atomic E-state index is 11.0. The molecule has 2 saturated carbocycles. The predicted octanol–water partition coefficient (Wildman–Crippen LogP) is 1.47. The van der Waals surface area contributed by atoms with Gasteiger partial charge in [0, 0.05) is 16.7 Å². The van der Waals surface area contributed by atoms with Gasteiger partial charge in [-0.15, -0.1) is 0 Å². The fraction of sp³-hybridized carbons (Fsp3) is 0.867. The quantitative estimate of drug-likeness (QED) is 0.619. The lowest BCUT2D eigenvalue weighted by atomic mass is 9.36. The summed E-state index contributed by atoms with van der Waals surface area (Å²) in [5, 5.41) is 31.2. The fourth-order valence-electron chi connectivity index (χ4n) is 4.95. The molecule has 0 aromatic carbocycles. The van der Waals surface area contributed by atoms with Crippen molar-refractivity contribution in [3.8, 4) is 0 Å². The highest BCUT2D eigenvalue weighted by Crippen LogP contribution is 2.72. The zero-order valence-corrected chi connectivity index (χ0v) is 11.5. The number of fused-ring (bicyclic) bond motifs is 3. The molecule has 2 fully saturated rings. The minimum Gasteiger partial charge on any atom is -0.395 e. The van der Waals surface area contributed by atoms with Crippen molar-refractivity contribution in [3.05, 3.63) is 12.2 Å². The van der Waals surface area contributed by atoms with Crippen molar-refractivity contribution in [3.63, 3.8) is 0 Å². The van der Waals surface area contributed by atoms with Gasteiger partial charge in [-0.1, -0.05) is 32.9 Å². The summed E-state index contributed by atoms with van der Waals surface area (Å²) in [5.41, 5.74) is -1.55. The monoisotopic (exact) mass is 252 g/mol. The van der Waals surface area contributed by atoms with Gasteiger partial charge in [0.15, 0.2) is 0 Å². The van der Waals surface area contributed by atoms with Crippen LogP contribution in [0.3, 0.4) is 0 Å². The Morgan fingerprint density at radius 1 is 1.22 bits per heavy atom. The van der Waals surface area contributed by atoms with Crippen LogP contribution in [0, 0.1) is 22.2 Å². The molecule has 3 aliphatic carbocycles. The minimum atomic E-state index is -0.691. The van der Waals surface area contributed by atoms with E-state index in [4.69, 9.17) is 0 Å². The molecule has 0 aromatic rings. The Bertz CT molecular complexity index is 416. The maximum atomic E-state index is 11.0. The van der Waals surface area contributed by atoms with E-state index >= 15 is 0 Å². The summed E-state index contributed by atoms with van der Waals surface area (Å²) in [4.78, 5) is 0. The van der Waals surface area contributed by atoms with Crippen LogP contribution >= 0.6 is 0 Å². The van der Waals surface area contributed by atoms with E-state index in [1.54, 1.807) is 0 Å². The largest absolute Gasteiger partial charge is 0.395 e. The first kappa shape index (κ1) is 12.6. The molecule has 0 amide bonds. The minimum absolute atomic E-state index is 0.0140. The highest BCUT2D eigenvalue weighted by atomic mass is 16.3. The topological polar surface area (TPSA) is 60.7 Å². The molecule has 3 rings (SSSR count). The number of aliphatic hydroxyl groups excluding tert-OH is 2. The number of aliphatic hydroxyl groups is 3. The number of hydrogen-bond acceptors (Lipinski definition) is 3. The van der Waals surface area contributed by atoms with Gasteiger partial charge >= 0.3 is 0 Å². The summed E-state index contributed by atoms with van der Waals surface area (Å²) in [5.74, 6) is 0.0668. The Morgan fingerprint density at radius 3 is 2.44 bits per heavy atom. The summed E-state index contributed by atoms with van der Waals surface area (Å²) < 4.78 is 0. The van der Waals surface area contributed by atoms with Crippen LogP contribution < -0.4 is 0 Å². The molecule has 3 N–H and O–H groups in total. The van der Waals surface area contributed by atoms with Crippen molar-refractivity contribution in [2.24, 2.45) is 22.2 Å². The van der Waals surface area contributed by atoms with Gasteiger partial charge in [0.25, 0.3) is 0 Å². The van der Waals surface area contributed by atoms with Gasteiger partial charge in [0.2, 0.25) is 0 Å². The Labute approximate surface area is 109 Å². The van der Waals surface area contributed by atoms with E-state index in [0.717, 1.165) is 19.3 Å². The summed E-state index contributed by atoms with van der Waals surface area (Å²) in [6, 6.07) is 0. The summed E-state index contributed by atoms with van der Waals surface area (Å²) in [7, 11) is 0. The lowest BCUT2D eigenvalue weighted by Crippen LogP contribution is -2.72. The molecule has 3 heteroatoms. The van der Waals surface area contributed by atoms with Gasteiger partial charge in [0.05, 0.1) is 18.3 Å². The van der Waals surface area contributed by atoms with Crippen molar-refractivity contribution in [2.75, 3.05) is 6.61 Å². The van der Waals surface area contributed by atoms with E-state index in [9.17, 15) is 15.3 Å². The third-order valence-corrected chi connectivity index (χ3v) is 6.66. The third kappa shape index (κ3) is 1.04. The Kier molecular flexibility index (Phi) is 2.24. The lowest BCUT2D eigenvalue weighted by molar-refractivity contribution is -0.291. The average molecular weight is 252 g/mol. The van der Waals surface area contributed by atoms with Crippen LogP contribution in [0.4, 0.5) is 0 Å². The first-order valence-corrected chi connectivity index (χ1v) is 6.94. The molecule has 102 valence electrons. The zero-order valence-electron chi connectivity index (χ0n) is 11.5. The fourth-order valence-corrected chi connectivity index (χ4v) is 4.95. The summed E-state index contributed by atoms with van der Waals surface area (Å²) in [6.07, 6.45) is 5.68. The molecular formula is C15H24O3. The van der Waals surface area contributed by atoms with Gasteiger partial charge in [-0.05, 0) is 24.7 Å². The van der Waals surface area contributed by atoms with Crippen molar-refractivity contribution in [1.82, 2.24) is 0 Å². The lowest BCUT2D eigenvalue weighted by Gasteiger charge is -2.70. The van der Waals surface area contributed by atoms with E-state index in [1.165, 1.54) is 0 Å². The van der Waals surface area contributed by atoms with Crippen LogP contribution in [-0.4, -0.2) is 33.6 Å². The van der Waals surface area contributed by atoms with Crippen LogP contribution in [0.25, 0.3) is 0 Å². The Morgan fingerprint density at radius 2 is 1.89 bits per heavy atom. The van der Waals surface area contributed by atoms with Gasteiger partial charge < -0.3 is 15.3 Å². The van der Waals surface area contributed by atoms with Crippen LogP contribution in [0.2, 0.25) is 0 Å². The molecule has 5 atom stereocenters. The second-order valence-electron chi connectivity index (χ2n) is 7.48. The van der Waals surface area contributed by atoms with E-state index in [1.807, 2.05) is 12.2 Å². The van der Waals surface area contributed by atoms with E-state index in [2.05, 4.69) is 20.8 Å². The van der Waals surface area contributed by atoms with Gasteiger partial charge in [-0.25, -0.2) is 0 Å². The molecule has 0 saturated heterocycles. The molecule has 18 heavy (non-hydrogen) atoms. The molecule has 3 aliphatic rings. The van der Waals surface area contributed by atoms with Crippen molar-refractivity contribution in [2.45, 2.75) is 51.7 Å². The van der Waals surface area contributed by atoms with Gasteiger partial charge in [-0.3, -0.25) is 0 Å². The normalized spacial score (nSPS) is 56.8. The summed E-state index contributed by atoms with van der Waals surface area (Å²) >= 11 is 0. The maximum Gasteiger partial charge on any atom is 0.0784 e. The highest BCUT2D eigenvalue weighted by Gasteiger charge is 2.73. The van der Waals surface area contributed by atoms with Crippen LogP contribution in [0.15, 0.2) is 12.2 Å². The molecule has 0 aliphatic heterocycles. The standard InChI is InChI=1S/C15H24O3/c1-12(2)8-10-14(9-16)5-4-11(17)13(14,3)6-7-15(10,12)18/h4-5,10-11,16-18H,6-9H2,1-3H3. The molecule has 5 unspecified atom stereocenters. The van der Waals surface area contributed by atoms with Crippen molar-refractivity contribution in [1.29, 1.82) is 0 Å². The molecule has 0 bridgehead atoms.